The van der Waals surface area contributed by atoms with Crippen LogP contribution in [0.2, 0.25) is 0 Å². The van der Waals surface area contributed by atoms with Crippen molar-refractivity contribution < 1.29 is 4.42 Å². The Bertz CT molecular complexity index is 2890. The second-order valence-electron chi connectivity index (χ2n) is 12.9. The minimum atomic E-state index is 0.612. The number of nitrogens with zero attached hydrogens (tertiary/aromatic N) is 3. The quantitative estimate of drug-likeness (QED) is 0.186. The van der Waals surface area contributed by atoms with Gasteiger partial charge in [0.05, 0.1) is 0 Å². The maximum Gasteiger partial charge on any atom is 0.164 e. The fourth-order valence-corrected chi connectivity index (χ4v) is 6.99. The average molecular weight is 652 g/mol. The summed E-state index contributed by atoms with van der Waals surface area (Å²) in [6.45, 7) is 0. The van der Waals surface area contributed by atoms with E-state index in [1.165, 1.54) is 21.9 Å². The number of benzene rings is 8. The average Bonchev–Trinajstić information content (AvgIpc) is 3.56. The second-order valence-corrected chi connectivity index (χ2v) is 12.9. The summed E-state index contributed by atoms with van der Waals surface area (Å²) < 4.78 is 6.30. The summed E-state index contributed by atoms with van der Waals surface area (Å²) in [6.07, 6.45) is 0. The molecule has 0 aliphatic heterocycles. The molecule has 0 radical (unpaired) electrons. The first-order valence-electron chi connectivity index (χ1n) is 17.1. The molecule has 0 bridgehead atoms. The van der Waals surface area contributed by atoms with E-state index in [2.05, 4.69) is 158 Å². The minimum absolute atomic E-state index is 0.612. The van der Waals surface area contributed by atoms with Crippen LogP contribution < -0.4 is 0 Å². The lowest BCUT2D eigenvalue weighted by molar-refractivity contribution is 0.669. The van der Waals surface area contributed by atoms with Gasteiger partial charge in [0.15, 0.2) is 17.5 Å². The van der Waals surface area contributed by atoms with Gasteiger partial charge in [0.1, 0.15) is 11.2 Å². The van der Waals surface area contributed by atoms with Gasteiger partial charge in [-0.25, -0.2) is 15.0 Å². The SMILES string of the molecule is c1ccc(-c2ccc(-c3ccc(-c4nc(-c5ccc6ccccc6c5)nc(-c5ccc6oc7cc8ccccc8cc7c6c5)n4)cc3)cc2)cc1. The maximum atomic E-state index is 6.30. The van der Waals surface area contributed by atoms with Gasteiger partial charge >= 0.3 is 0 Å². The molecule has 0 atom stereocenters. The van der Waals surface area contributed by atoms with Crippen LogP contribution in [0.25, 0.3) is 99.9 Å². The Morgan fingerprint density at radius 3 is 1.35 bits per heavy atom. The van der Waals surface area contributed by atoms with Crippen LogP contribution in [-0.2, 0) is 0 Å². The molecule has 10 aromatic rings. The number of furan rings is 1. The van der Waals surface area contributed by atoms with E-state index in [0.717, 1.165) is 60.5 Å². The fourth-order valence-electron chi connectivity index (χ4n) is 6.99. The zero-order chi connectivity index (χ0) is 33.7. The van der Waals surface area contributed by atoms with Crippen molar-refractivity contribution in [3.05, 3.63) is 176 Å². The highest BCUT2D eigenvalue weighted by molar-refractivity contribution is 6.10. The van der Waals surface area contributed by atoms with Crippen molar-refractivity contribution in [1.82, 2.24) is 15.0 Å². The molecule has 0 amide bonds. The largest absolute Gasteiger partial charge is 0.456 e. The van der Waals surface area contributed by atoms with E-state index in [4.69, 9.17) is 19.4 Å². The van der Waals surface area contributed by atoms with Gasteiger partial charge in [-0.2, -0.15) is 0 Å². The number of aromatic nitrogens is 3. The van der Waals surface area contributed by atoms with Crippen molar-refractivity contribution in [3.8, 4) is 56.4 Å². The predicted molar refractivity (Wildman–Crippen MR) is 209 cm³/mol. The van der Waals surface area contributed by atoms with E-state index in [1.54, 1.807) is 0 Å². The van der Waals surface area contributed by atoms with Crippen LogP contribution in [0.1, 0.15) is 0 Å². The van der Waals surface area contributed by atoms with Gasteiger partial charge in [0.2, 0.25) is 0 Å². The molecule has 0 saturated heterocycles. The zero-order valence-corrected chi connectivity index (χ0v) is 27.5. The first kappa shape index (κ1) is 29.0. The van der Waals surface area contributed by atoms with Crippen LogP contribution >= 0.6 is 0 Å². The molecule has 10 rings (SSSR count). The summed E-state index contributed by atoms with van der Waals surface area (Å²) in [5.74, 6) is 1.86. The van der Waals surface area contributed by atoms with Crippen molar-refractivity contribution in [2.24, 2.45) is 0 Å². The van der Waals surface area contributed by atoms with Crippen molar-refractivity contribution in [3.63, 3.8) is 0 Å². The number of hydrogen-bond acceptors (Lipinski definition) is 4. The van der Waals surface area contributed by atoms with Crippen LogP contribution in [0.15, 0.2) is 180 Å². The molecule has 0 spiro atoms. The monoisotopic (exact) mass is 651 g/mol. The number of hydrogen-bond donors (Lipinski definition) is 0. The molecule has 0 unspecified atom stereocenters. The molecule has 2 aromatic heterocycles. The normalized spacial score (nSPS) is 11.5. The van der Waals surface area contributed by atoms with E-state index in [-0.39, 0.29) is 0 Å². The smallest absolute Gasteiger partial charge is 0.164 e. The lowest BCUT2D eigenvalue weighted by atomic mass is 9.99. The maximum absolute atomic E-state index is 6.30. The summed E-state index contributed by atoms with van der Waals surface area (Å²) >= 11 is 0. The third-order valence-corrected chi connectivity index (χ3v) is 9.71. The molecule has 0 N–H and O–H groups in total. The third kappa shape index (κ3) is 5.31. The van der Waals surface area contributed by atoms with E-state index in [1.807, 2.05) is 18.2 Å². The molecule has 0 fully saturated rings. The third-order valence-electron chi connectivity index (χ3n) is 9.71. The number of fused-ring (bicyclic) bond motifs is 5. The van der Waals surface area contributed by atoms with Gasteiger partial charge in [-0.1, -0.05) is 140 Å². The molecule has 0 aliphatic rings. The molecule has 51 heavy (non-hydrogen) atoms. The molecule has 238 valence electrons. The Kier molecular flexibility index (Phi) is 6.78. The molecule has 4 heteroatoms. The topological polar surface area (TPSA) is 51.8 Å². The lowest BCUT2D eigenvalue weighted by Crippen LogP contribution is -2.00. The Morgan fingerprint density at radius 1 is 0.275 bits per heavy atom. The number of rotatable bonds is 5. The summed E-state index contributed by atoms with van der Waals surface area (Å²) in [5.41, 5.74) is 9.16. The fraction of sp³-hybridized carbons (Fsp3) is 0. The highest BCUT2D eigenvalue weighted by atomic mass is 16.3. The van der Waals surface area contributed by atoms with Crippen molar-refractivity contribution in [2.45, 2.75) is 0 Å². The molecule has 2 heterocycles. The van der Waals surface area contributed by atoms with Crippen molar-refractivity contribution >= 4 is 43.5 Å². The highest BCUT2D eigenvalue weighted by Gasteiger charge is 2.16. The van der Waals surface area contributed by atoms with Crippen LogP contribution in [-0.4, -0.2) is 15.0 Å². The van der Waals surface area contributed by atoms with Gasteiger partial charge in [-0.3, -0.25) is 0 Å². The predicted octanol–water partition coefficient (Wildman–Crippen LogP) is 12.4. The van der Waals surface area contributed by atoms with Gasteiger partial charge in [0, 0.05) is 27.5 Å². The summed E-state index contributed by atoms with van der Waals surface area (Å²) in [4.78, 5) is 15.2. The van der Waals surface area contributed by atoms with Crippen LogP contribution in [0.4, 0.5) is 0 Å². The minimum Gasteiger partial charge on any atom is -0.456 e. The van der Waals surface area contributed by atoms with E-state index in [0.29, 0.717) is 17.5 Å². The van der Waals surface area contributed by atoms with E-state index < -0.39 is 0 Å². The van der Waals surface area contributed by atoms with E-state index in [9.17, 15) is 0 Å². The van der Waals surface area contributed by atoms with Gasteiger partial charge in [0.25, 0.3) is 0 Å². The Morgan fingerprint density at radius 2 is 0.706 bits per heavy atom. The second kappa shape index (κ2) is 11.9. The Hall–Kier alpha value is -6.91. The Balaban J connectivity index is 1.08. The summed E-state index contributed by atoms with van der Waals surface area (Å²) in [7, 11) is 0. The van der Waals surface area contributed by atoms with E-state index >= 15 is 0 Å². The van der Waals surface area contributed by atoms with Crippen LogP contribution in [0.5, 0.6) is 0 Å². The first-order chi connectivity index (χ1) is 25.2. The van der Waals surface area contributed by atoms with Crippen LogP contribution in [0, 0.1) is 0 Å². The van der Waals surface area contributed by atoms with Crippen molar-refractivity contribution in [2.75, 3.05) is 0 Å². The van der Waals surface area contributed by atoms with Crippen LogP contribution in [0.3, 0.4) is 0 Å². The molecular weight excluding hydrogens is 623 g/mol. The molecule has 0 aliphatic carbocycles. The molecule has 4 nitrogen and oxygen atoms in total. The summed E-state index contributed by atoms with van der Waals surface area (Å²) in [6, 6.07) is 61.2. The van der Waals surface area contributed by atoms with Gasteiger partial charge < -0.3 is 4.42 Å². The standard InChI is InChI=1S/C47H29N3O/c1-2-8-30(9-3-1)32-14-16-33(17-15-32)34-18-21-35(22-19-34)45-48-46(39-23-20-31-10-4-5-11-36(31)26-39)50-47(49-45)40-24-25-43-41(28-40)42-27-37-12-6-7-13-38(37)29-44(42)51-43/h1-29H. The summed E-state index contributed by atoms with van der Waals surface area (Å²) in [5, 5.41) is 6.75. The van der Waals surface area contributed by atoms with Crippen molar-refractivity contribution in [1.29, 1.82) is 0 Å². The molecular formula is C47H29N3O. The molecule has 8 aromatic carbocycles. The lowest BCUT2D eigenvalue weighted by Gasteiger charge is -2.10. The molecule has 0 saturated carbocycles. The highest BCUT2D eigenvalue weighted by Crippen LogP contribution is 2.35. The zero-order valence-electron chi connectivity index (χ0n) is 27.5. The first-order valence-corrected chi connectivity index (χ1v) is 17.1. The Labute approximate surface area is 294 Å². The van der Waals surface area contributed by atoms with Gasteiger partial charge in [-0.05, 0) is 80.2 Å². The van der Waals surface area contributed by atoms with Gasteiger partial charge in [-0.15, -0.1) is 0 Å².